The van der Waals surface area contributed by atoms with Gasteiger partial charge in [0.1, 0.15) is 0 Å². The molecule has 0 aromatic heterocycles. The molecule has 0 saturated heterocycles. The van der Waals surface area contributed by atoms with Gasteiger partial charge < -0.3 is 0 Å². The number of carbonyl (C=O) groups excluding carboxylic acids is 2. The normalized spacial score (nSPS) is 20.2. The van der Waals surface area contributed by atoms with Crippen LogP contribution in [0.1, 0.15) is 26.2 Å². The highest BCUT2D eigenvalue weighted by molar-refractivity contribution is 8.13. The molecule has 2 nitrogen and oxygen atoms in total. The molecule has 0 saturated carbocycles. The molecule has 17 heavy (non-hydrogen) atoms. The van der Waals surface area contributed by atoms with Crippen molar-refractivity contribution >= 4 is 23.3 Å². The number of allylic oxidation sites excluding steroid dienone is 6. The van der Waals surface area contributed by atoms with Gasteiger partial charge in [-0.25, -0.2) is 0 Å². The summed E-state index contributed by atoms with van der Waals surface area (Å²) in [5, 5.41) is 0. The lowest BCUT2D eigenvalue weighted by atomic mass is 9.91. The Labute approximate surface area is 105 Å². The molecule has 0 unspecified atom stereocenters. The Morgan fingerprint density at radius 1 is 1.53 bits per heavy atom. The van der Waals surface area contributed by atoms with Crippen LogP contribution in [0.15, 0.2) is 45.8 Å². The van der Waals surface area contributed by atoms with Crippen LogP contribution in [-0.4, -0.2) is 11.6 Å². The van der Waals surface area contributed by atoms with Gasteiger partial charge in [-0.05, 0) is 19.8 Å². The van der Waals surface area contributed by atoms with E-state index in [1.54, 1.807) is 30.0 Å². The molecule has 88 valence electrons. The van der Waals surface area contributed by atoms with Crippen molar-refractivity contribution in [3.8, 4) is 0 Å². The fraction of sp³-hybridized carbons (Fsp3) is 0.286. The second-order valence-electron chi connectivity index (χ2n) is 4.07. The predicted molar refractivity (Wildman–Crippen MR) is 70.5 cm³/mol. The summed E-state index contributed by atoms with van der Waals surface area (Å²) in [5.74, 6) is -0.172. The van der Waals surface area contributed by atoms with E-state index < -0.39 is 0 Å². The Kier molecular flexibility index (Phi) is 3.48. The summed E-state index contributed by atoms with van der Waals surface area (Å²) in [6, 6.07) is 0. The molecule has 2 rings (SSSR count). The van der Waals surface area contributed by atoms with Crippen LogP contribution < -0.4 is 0 Å². The zero-order valence-electron chi connectivity index (χ0n) is 9.79. The van der Waals surface area contributed by atoms with Gasteiger partial charge in [-0.1, -0.05) is 36.6 Å². The third-order valence-corrected chi connectivity index (χ3v) is 3.84. The Bertz CT molecular complexity index is 492. The predicted octanol–water partition coefficient (Wildman–Crippen LogP) is 3.33. The number of carbonyl (C=O) groups is 2. The van der Waals surface area contributed by atoms with Crippen molar-refractivity contribution in [3.63, 3.8) is 0 Å². The monoisotopic (exact) mass is 246 g/mol. The van der Waals surface area contributed by atoms with Gasteiger partial charge >= 0.3 is 0 Å². The Hall–Kier alpha value is -1.35. The van der Waals surface area contributed by atoms with Gasteiger partial charge in [-0.15, -0.1) is 0 Å². The first-order valence-electron chi connectivity index (χ1n) is 5.65. The van der Waals surface area contributed by atoms with Gasteiger partial charge in [-0.2, -0.15) is 0 Å². The van der Waals surface area contributed by atoms with Crippen LogP contribution in [0, 0.1) is 0 Å². The quantitative estimate of drug-likeness (QED) is 0.433. The lowest BCUT2D eigenvalue weighted by molar-refractivity contribution is -0.120. The number of rotatable bonds is 4. The van der Waals surface area contributed by atoms with Crippen molar-refractivity contribution in [2.75, 3.05) is 0 Å². The fourth-order valence-electron chi connectivity index (χ4n) is 1.87. The minimum Gasteiger partial charge on any atom is -0.294 e. The average Bonchev–Trinajstić information content (AvgIpc) is 3.03. The van der Waals surface area contributed by atoms with E-state index in [2.05, 4.69) is 6.58 Å². The van der Waals surface area contributed by atoms with Gasteiger partial charge in [0.05, 0.1) is 5.57 Å². The van der Waals surface area contributed by atoms with E-state index in [0.717, 1.165) is 22.7 Å². The zero-order chi connectivity index (χ0) is 12.4. The molecule has 2 aliphatic rings. The molecule has 1 aliphatic carbocycles. The van der Waals surface area contributed by atoms with E-state index in [9.17, 15) is 9.59 Å². The largest absolute Gasteiger partial charge is 0.294 e. The Morgan fingerprint density at radius 2 is 2.24 bits per heavy atom. The number of hydrogen-bond acceptors (Lipinski definition) is 3. The molecule has 0 fully saturated rings. The average molecular weight is 246 g/mol. The van der Waals surface area contributed by atoms with E-state index in [0.29, 0.717) is 17.6 Å². The van der Waals surface area contributed by atoms with E-state index in [1.165, 1.54) is 0 Å². The standard InChI is InChI=1S/C14H14O2S/c1-3-6-11(14-9(2)17-14)13(16)10-7-4-5-8-12(10)15/h3,6-7H,1,4-5,8H2,2H3/b11-6-. The molecule has 0 aromatic rings. The zero-order valence-corrected chi connectivity index (χ0v) is 10.6. The first-order valence-corrected chi connectivity index (χ1v) is 6.46. The Balaban J connectivity index is 2.29. The number of Topliss-reactive ketones (excluding diaryl/α,β-unsaturated/α-hetero) is 2. The van der Waals surface area contributed by atoms with Crippen LogP contribution in [0.2, 0.25) is 0 Å². The Morgan fingerprint density at radius 3 is 2.76 bits per heavy atom. The molecular formula is C14H14O2S. The SMILES string of the molecule is C=C/C=C(/C(=O)C1=CCCCC1=O)C1=C(C)S1. The van der Waals surface area contributed by atoms with Crippen LogP contribution in [0.25, 0.3) is 0 Å². The van der Waals surface area contributed by atoms with Crippen molar-refractivity contribution in [2.24, 2.45) is 0 Å². The maximum atomic E-state index is 12.3. The van der Waals surface area contributed by atoms with Gasteiger partial charge in [0.2, 0.25) is 0 Å². The van der Waals surface area contributed by atoms with Crippen LogP contribution in [0.4, 0.5) is 0 Å². The third kappa shape index (κ3) is 2.50. The summed E-state index contributed by atoms with van der Waals surface area (Å²) in [6.45, 7) is 5.59. The summed E-state index contributed by atoms with van der Waals surface area (Å²) >= 11 is 1.59. The lowest BCUT2D eigenvalue weighted by Crippen LogP contribution is -2.17. The molecule has 0 N–H and O–H groups in total. The van der Waals surface area contributed by atoms with Gasteiger partial charge in [0.15, 0.2) is 11.6 Å². The van der Waals surface area contributed by atoms with Crippen LogP contribution in [0.5, 0.6) is 0 Å². The van der Waals surface area contributed by atoms with Crippen LogP contribution in [0.3, 0.4) is 0 Å². The number of hydrogen-bond donors (Lipinski definition) is 0. The highest BCUT2D eigenvalue weighted by Gasteiger charge is 2.31. The first kappa shape index (κ1) is 12.1. The van der Waals surface area contributed by atoms with Crippen molar-refractivity contribution in [1.29, 1.82) is 0 Å². The number of thioether (sulfide) groups is 1. The summed E-state index contributed by atoms with van der Waals surface area (Å²) in [5.41, 5.74) is 0.973. The highest BCUT2D eigenvalue weighted by Crippen LogP contribution is 2.49. The summed E-state index contributed by atoms with van der Waals surface area (Å²) in [4.78, 5) is 26.1. The molecule has 0 bridgehead atoms. The highest BCUT2D eigenvalue weighted by atomic mass is 32.2. The van der Waals surface area contributed by atoms with Crippen LogP contribution in [-0.2, 0) is 9.59 Å². The van der Waals surface area contributed by atoms with E-state index in [1.807, 2.05) is 6.92 Å². The lowest BCUT2D eigenvalue weighted by Gasteiger charge is -2.10. The van der Waals surface area contributed by atoms with E-state index in [-0.39, 0.29) is 11.6 Å². The van der Waals surface area contributed by atoms with E-state index in [4.69, 9.17) is 0 Å². The molecule has 0 atom stereocenters. The number of ketones is 2. The fourth-order valence-corrected chi connectivity index (χ4v) is 2.50. The van der Waals surface area contributed by atoms with Gasteiger partial charge in [0.25, 0.3) is 0 Å². The molecule has 0 radical (unpaired) electrons. The minimum absolute atomic E-state index is 0.0277. The van der Waals surface area contributed by atoms with Crippen molar-refractivity contribution < 1.29 is 9.59 Å². The molecule has 0 spiro atoms. The maximum Gasteiger partial charge on any atom is 0.197 e. The van der Waals surface area contributed by atoms with Crippen molar-refractivity contribution in [1.82, 2.24) is 0 Å². The molecule has 1 aliphatic heterocycles. The summed E-state index contributed by atoms with van der Waals surface area (Å²) < 4.78 is 0. The first-order chi connectivity index (χ1) is 8.15. The van der Waals surface area contributed by atoms with Crippen molar-refractivity contribution in [3.05, 3.63) is 45.8 Å². The van der Waals surface area contributed by atoms with Crippen molar-refractivity contribution in [2.45, 2.75) is 26.2 Å². The molecule has 3 heteroatoms. The molecule has 0 amide bonds. The maximum absolute atomic E-state index is 12.3. The smallest absolute Gasteiger partial charge is 0.197 e. The molecule has 0 aromatic carbocycles. The third-order valence-electron chi connectivity index (χ3n) is 2.81. The minimum atomic E-state index is -0.144. The van der Waals surface area contributed by atoms with Crippen LogP contribution >= 0.6 is 11.8 Å². The second kappa shape index (κ2) is 4.88. The topological polar surface area (TPSA) is 34.1 Å². The van der Waals surface area contributed by atoms with E-state index >= 15 is 0 Å². The summed E-state index contributed by atoms with van der Waals surface area (Å²) in [7, 11) is 0. The van der Waals surface area contributed by atoms with Gasteiger partial charge in [0, 0.05) is 21.8 Å². The molecule has 1 heterocycles. The summed E-state index contributed by atoms with van der Waals surface area (Å²) in [6.07, 6.45) is 7.23. The van der Waals surface area contributed by atoms with Gasteiger partial charge in [-0.3, -0.25) is 9.59 Å². The molecular weight excluding hydrogens is 232 g/mol. The second-order valence-corrected chi connectivity index (χ2v) is 5.29.